The first-order valence-electron chi connectivity index (χ1n) is 10.6. The predicted molar refractivity (Wildman–Crippen MR) is 122 cm³/mol. The molecule has 0 bridgehead atoms. The van der Waals surface area contributed by atoms with Gasteiger partial charge >= 0.3 is 0 Å². The first-order valence-corrected chi connectivity index (χ1v) is 10.9. The Morgan fingerprint density at radius 2 is 1.79 bits per heavy atom. The number of nitrogens with two attached hydrogens (primary N) is 1. The second-order valence-electron chi connectivity index (χ2n) is 8.31. The topological polar surface area (TPSA) is 96.1 Å². The monoisotopic (exact) mass is 469 g/mol. The van der Waals surface area contributed by atoms with E-state index in [-0.39, 0.29) is 37.1 Å². The highest BCUT2D eigenvalue weighted by Crippen LogP contribution is 2.38. The molecule has 33 heavy (non-hydrogen) atoms. The smallest absolute Gasteiger partial charge is 0.257 e. The Balaban J connectivity index is 1.54. The highest BCUT2D eigenvalue weighted by Gasteiger charge is 2.54. The van der Waals surface area contributed by atoms with Crippen LogP contribution in [0.15, 0.2) is 53.6 Å². The van der Waals surface area contributed by atoms with Crippen LogP contribution < -0.4 is 5.73 Å². The number of carbonyl (C=O) groups is 3. The van der Waals surface area contributed by atoms with Crippen LogP contribution in [0.25, 0.3) is 0 Å². The fraction of sp³-hybridized carbons (Fsp3) is 0.292. The minimum Gasteiger partial charge on any atom is -0.368 e. The number of amides is 3. The molecule has 0 unspecified atom stereocenters. The highest BCUT2D eigenvalue weighted by molar-refractivity contribution is 6.30. The van der Waals surface area contributed by atoms with Gasteiger partial charge in [-0.25, -0.2) is 9.40 Å². The number of likely N-dealkylation sites (tertiary alicyclic amines) is 1. The van der Waals surface area contributed by atoms with Crippen molar-refractivity contribution in [3.63, 3.8) is 0 Å². The van der Waals surface area contributed by atoms with E-state index in [1.807, 2.05) is 12.1 Å². The fourth-order valence-corrected chi connectivity index (χ4v) is 4.46. The molecule has 2 aromatic carbocycles. The average molecular weight is 470 g/mol. The number of primary amides is 1. The molecule has 3 amide bonds. The highest BCUT2D eigenvalue weighted by atomic mass is 35.5. The Bertz CT molecular complexity index is 1100. The third-order valence-electron chi connectivity index (χ3n) is 5.98. The van der Waals surface area contributed by atoms with Crippen molar-refractivity contribution in [3.8, 4) is 0 Å². The zero-order valence-corrected chi connectivity index (χ0v) is 18.6. The molecular formula is C24H23ClFN4O3. The number of hydrazone groups is 1. The van der Waals surface area contributed by atoms with Crippen LogP contribution >= 0.6 is 11.6 Å². The Hall–Kier alpha value is -3.26. The molecule has 2 heterocycles. The lowest BCUT2D eigenvalue weighted by Crippen LogP contribution is -2.56. The summed E-state index contributed by atoms with van der Waals surface area (Å²) in [5.74, 6) is -1.62. The van der Waals surface area contributed by atoms with E-state index >= 15 is 0 Å². The summed E-state index contributed by atoms with van der Waals surface area (Å²) < 4.78 is 13.4. The molecular weight excluding hydrogens is 447 g/mol. The number of carbonyl (C=O) groups excluding carboxylic acids is 3. The van der Waals surface area contributed by atoms with E-state index in [1.165, 1.54) is 12.1 Å². The maximum absolute atomic E-state index is 13.4. The molecule has 1 atom stereocenters. The maximum Gasteiger partial charge on any atom is 0.257 e. The molecule has 1 radical (unpaired) electrons. The lowest BCUT2D eigenvalue weighted by Gasteiger charge is -2.39. The lowest BCUT2D eigenvalue weighted by atomic mass is 9.73. The van der Waals surface area contributed by atoms with Crippen LogP contribution in [0.5, 0.6) is 0 Å². The molecule has 2 aromatic rings. The Labute approximate surface area is 196 Å². The molecule has 171 valence electrons. The van der Waals surface area contributed by atoms with E-state index < -0.39 is 11.3 Å². The predicted octanol–water partition coefficient (Wildman–Crippen LogP) is 2.37. The van der Waals surface area contributed by atoms with Crippen molar-refractivity contribution in [1.29, 1.82) is 0 Å². The summed E-state index contributed by atoms with van der Waals surface area (Å²) in [4.78, 5) is 39.5. The van der Waals surface area contributed by atoms with Crippen molar-refractivity contribution >= 4 is 35.0 Å². The first-order chi connectivity index (χ1) is 15.8. The normalized spacial score (nSPS) is 19.9. The van der Waals surface area contributed by atoms with Gasteiger partial charge in [-0.3, -0.25) is 14.4 Å². The molecule has 1 saturated heterocycles. The van der Waals surface area contributed by atoms with Crippen LogP contribution in [-0.4, -0.2) is 53.0 Å². The molecule has 0 aromatic heterocycles. The SMILES string of the molecule is NC(=O)CN1N=C2CCN(C(=O)[CH]Cc3ccc(Cl)cc3)C[C@]2(Cc2ccc(F)cc2)C1=O. The van der Waals surface area contributed by atoms with E-state index in [4.69, 9.17) is 17.3 Å². The van der Waals surface area contributed by atoms with Crippen molar-refractivity contribution in [3.05, 3.63) is 76.9 Å². The summed E-state index contributed by atoms with van der Waals surface area (Å²) in [5.41, 5.74) is 6.47. The molecule has 2 aliphatic rings. The van der Waals surface area contributed by atoms with Crippen LogP contribution in [0.3, 0.4) is 0 Å². The second kappa shape index (κ2) is 9.31. The molecule has 2 N–H and O–H groups in total. The maximum atomic E-state index is 13.4. The average Bonchev–Trinajstić information content (AvgIpc) is 3.05. The minimum absolute atomic E-state index is 0.118. The fourth-order valence-electron chi connectivity index (χ4n) is 4.33. The number of hydrogen-bond acceptors (Lipinski definition) is 4. The summed E-state index contributed by atoms with van der Waals surface area (Å²) in [7, 11) is 0. The van der Waals surface area contributed by atoms with Crippen molar-refractivity contribution in [2.75, 3.05) is 19.6 Å². The number of piperidine rings is 1. The molecule has 0 spiro atoms. The molecule has 0 saturated carbocycles. The molecule has 4 rings (SSSR count). The van der Waals surface area contributed by atoms with Crippen molar-refractivity contribution < 1.29 is 18.8 Å². The molecule has 9 heteroatoms. The standard InChI is InChI=1S/C24H23ClFN4O3/c25-18-6-1-16(2-7-18)5-10-22(32)29-12-11-20-24(15-29,13-17-3-8-19(26)9-4-17)23(33)30(28-20)14-21(27)31/h1-4,6-10H,5,11-15H2,(H2,27,31)/t24-/m0/s1. The van der Waals surface area contributed by atoms with Gasteiger partial charge in [0.2, 0.25) is 11.8 Å². The first kappa shape index (κ1) is 22.9. The van der Waals surface area contributed by atoms with E-state index in [2.05, 4.69) is 5.10 Å². The summed E-state index contributed by atoms with van der Waals surface area (Å²) in [6.45, 7) is 0.190. The van der Waals surface area contributed by atoms with Crippen molar-refractivity contribution in [1.82, 2.24) is 9.91 Å². The summed E-state index contributed by atoms with van der Waals surface area (Å²) in [6.07, 6.45) is 2.64. The third-order valence-corrected chi connectivity index (χ3v) is 6.23. The van der Waals surface area contributed by atoms with E-state index in [0.717, 1.165) is 16.1 Å². The number of hydrogen-bond donors (Lipinski definition) is 1. The summed E-state index contributed by atoms with van der Waals surface area (Å²) >= 11 is 5.91. The van der Waals surface area contributed by atoms with Gasteiger partial charge < -0.3 is 10.6 Å². The molecule has 2 aliphatic heterocycles. The number of nitrogens with zero attached hydrogens (tertiary/aromatic N) is 3. The molecule has 7 nitrogen and oxygen atoms in total. The van der Waals surface area contributed by atoms with Crippen LogP contribution in [0.4, 0.5) is 4.39 Å². The van der Waals surface area contributed by atoms with Gasteiger partial charge in [0.25, 0.3) is 5.91 Å². The minimum atomic E-state index is -1.12. The van der Waals surface area contributed by atoms with Gasteiger partial charge in [-0.05, 0) is 48.2 Å². The zero-order valence-electron chi connectivity index (χ0n) is 17.8. The van der Waals surface area contributed by atoms with Gasteiger partial charge in [0.05, 0.1) is 12.1 Å². The molecule has 1 fully saturated rings. The van der Waals surface area contributed by atoms with Gasteiger partial charge in [0.15, 0.2) is 0 Å². The number of halogens is 2. The quantitative estimate of drug-likeness (QED) is 0.674. The second-order valence-corrected chi connectivity index (χ2v) is 8.74. The lowest BCUT2D eigenvalue weighted by molar-refractivity contribution is -0.141. The van der Waals surface area contributed by atoms with E-state index in [9.17, 15) is 18.8 Å². The van der Waals surface area contributed by atoms with Gasteiger partial charge in [0.1, 0.15) is 17.8 Å². The van der Waals surface area contributed by atoms with Crippen molar-refractivity contribution in [2.24, 2.45) is 16.3 Å². The third kappa shape index (κ3) is 4.90. The number of fused-ring (bicyclic) bond motifs is 1. The largest absolute Gasteiger partial charge is 0.368 e. The van der Waals surface area contributed by atoms with Crippen molar-refractivity contribution in [2.45, 2.75) is 19.3 Å². The van der Waals surface area contributed by atoms with Crippen LogP contribution in [0.2, 0.25) is 5.02 Å². The summed E-state index contributed by atoms with van der Waals surface area (Å²) in [5, 5.41) is 6.09. The van der Waals surface area contributed by atoms with E-state index in [0.29, 0.717) is 30.1 Å². The van der Waals surface area contributed by atoms with Gasteiger partial charge in [-0.1, -0.05) is 35.9 Å². The summed E-state index contributed by atoms with van der Waals surface area (Å²) in [6, 6.07) is 13.1. The Morgan fingerprint density at radius 3 is 2.45 bits per heavy atom. The van der Waals surface area contributed by atoms with Crippen LogP contribution in [0.1, 0.15) is 17.5 Å². The van der Waals surface area contributed by atoms with Gasteiger partial charge in [0, 0.05) is 24.5 Å². The van der Waals surface area contributed by atoms with Gasteiger partial charge in [-0.15, -0.1) is 0 Å². The van der Waals surface area contributed by atoms with Crippen LogP contribution in [-0.2, 0) is 27.2 Å². The molecule has 0 aliphatic carbocycles. The zero-order chi connectivity index (χ0) is 23.6. The van der Waals surface area contributed by atoms with Crippen LogP contribution in [0, 0.1) is 17.7 Å². The number of rotatable bonds is 7. The Kier molecular flexibility index (Phi) is 6.47. The van der Waals surface area contributed by atoms with Gasteiger partial charge in [-0.2, -0.15) is 5.10 Å². The van der Waals surface area contributed by atoms with E-state index in [1.54, 1.807) is 35.6 Å². The number of benzene rings is 2. The Morgan fingerprint density at radius 1 is 1.12 bits per heavy atom.